The molecule has 1 aromatic rings. The maximum Gasteiger partial charge on any atom is 0.274 e. The van der Waals surface area contributed by atoms with Gasteiger partial charge in [-0.25, -0.2) is 0 Å². The van der Waals surface area contributed by atoms with Gasteiger partial charge in [-0.1, -0.05) is 30.3 Å². The quantitative estimate of drug-likeness (QED) is 0.327. The summed E-state index contributed by atoms with van der Waals surface area (Å²) in [4.78, 5) is 10.1. The smallest absolute Gasteiger partial charge is 0.274 e. The van der Waals surface area contributed by atoms with Crippen LogP contribution < -0.4 is 16.4 Å². The van der Waals surface area contributed by atoms with Gasteiger partial charge in [0.25, 0.3) is 6.20 Å². The van der Waals surface area contributed by atoms with Crippen molar-refractivity contribution in [2.24, 2.45) is 5.73 Å². The van der Waals surface area contributed by atoms with E-state index in [1.807, 2.05) is 18.2 Å². The van der Waals surface area contributed by atoms with Gasteiger partial charge < -0.3 is 16.4 Å². The van der Waals surface area contributed by atoms with Crippen LogP contribution in [0.25, 0.3) is 0 Å². The van der Waals surface area contributed by atoms with E-state index in [9.17, 15) is 10.1 Å². The standard InChI is InChI=1S/C15H24N4O2/c16-10-4-5-11-17-15(13-19(20)21)18-12-6-9-14-7-2-1-3-8-14/h1-3,7-8,13,17-18H,4-6,9-12,16H2. The molecule has 116 valence electrons. The molecule has 0 saturated heterocycles. The first-order valence-electron chi connectivity index (χ1n) is 7.29. The van der Waals surface area contributed by atoms with Crippen LogP contribution in [0.2, 0.25) is 0 Å². The third-order valence-electron chi connectivity index (χ3n) is 2.98. The van der Waals surface area contributed by atoms with Gasteiger partial charge in [0, 0.05) is 13.1 Å². The normalized spacial score (nSPS) is 11.2. The van der Waals surface area contributed by atoms with Crippen LogP contribution in [0.3, 0.4) is 0 Å². The summed E-state index contributed by atoms with van der Waals surface area (Å²) in [5, 5.41) is 16.7. The minimum Gasteiger partial charge on any atom is -0.367 e. The van der Waals surface area contributed by atoms with Crippen molar-refractivity contribution in [3.05, 3.63) is 58.0 Å². The summed E-state index contributed by atoms with van der Waals surface area (Å²) in [6.07, 6.45) is 4.66. The molecule has 0 fully saturated rings. The van der Waals surface area contributed by atoms with Crippen molar-refractivity contribution >= 4 is 0 Å². The van der Waals surface area contributed by atoms with Crippen molar-refractivity contribution in [2.45, 2.75) is 25.7 Å². The van der Waals surface area contributed by atoms with Gasteiger partial charge in [-0.05, 0) is 37.8 Å². The lowest BCUT2D eigenvalue weighted by Crippen LogP contribution is -2.29. The molecule has 0 radical (unpaired) electrons. The molecule has 1 aromatic carbocycles. The molecule has 0 bridgehead atoms. The molecule has 1 rings (SSSR count). The Morgan fingerprint density at radius 2 is 1.81 bits per heavy atom. The van der Waals surface area contributed by atoms with Crippen LogP contribution in [0, 0.1) is 10.1 Å². The minimum atomic E-state index is -0.449. The molecule has 0 aliphatic heterocycles. The van der Waals surface area contributed by atoms with Crippen molar-refractivity contribution in [1.82, 2.24) is 10.6 Å². The first-order chi connectivity index (χ1) is 10.2. The number of aryl methyl sites for hydroxylation is 1. The number of benzene rings is 1. The first kappa shape index (κ1) is 17.0. The second-order valence-electron chi connectivity index (χ2n) is 4.77. The molecular weight excluding hydrogens is 268 g/mol. The maximum absolute atomic E-state index is 10.6. The summed E-state index contributed by atoms with van der Waals surface area (Å²) in [5.41, 5.74) is 6.69. The lowest BCUT2D eigenvalue weighted by atomic mass is 10.1. The maximum atomic E-state index is 10.6. The van der Waals surface area contributed by atoms with Gasteiger partial charge >= 0.3 is 0 Å². The van der Waals surface area contributed by atoms with Crippen LogP contribution in [0.1, 0.15) is 24.8 Å². The van der Waals surface area contributed by atoms with E-state index in [4.69, 9.17) is 5.73 Å². The van der Waals surface area contributed by atoms with Crippen LogP contribution in [0.4, 0.5) is 0 Å². The second-order valence-corrected chi connectivity index (χ2v) is 4.77. The molecule has 21 heavy (non-hydrogen) atoms. The average molecular weight is 292 g/mol. The number of unbranched alkanes of at least 4 members (excludes halogenated alkanes) is 1. The molecule has 0 saturated carbocycles. The molecule has 0 unspecified atom stereocenters. The van der Waals surface area contributed by atoms with Gasteiger partial charge in [0.05, 0.1) is 4.92 Å². The zero-order valence-electron chi connectivity index (χ0n) is 12.3. The second kappa shape index (κ2) is 10.7. The average Bonchev–Trinajstić information content (AvgIpc) is 2.48. The highest BCUT2D eigenvalue weighted by atomic mass is 16.6. The highest BCUT2D eigenvalue weighted by Gasteiger charge is 2.01. The molecule has 4 N–H and O–H groups in total. The Bertz CT molecular complexity index is 435. The fourth-order valence-corrected chi connectivity index (χ4v) is 1.91. The van der Waals surface area contributed by atoms with E-state index >= 15 is 0 Å². The third-order valence-corrected chi connectivity index (χ3v) is 2.98. The molecule has 0 atom stereocenters. The van der Waals surface area contributed by atoms with Crippen molar-refractivity contribution in [3.8, 4) is 0 Å². The third kappa shape index (κ3) is 8.65. The van der Waals surface area contributed by atoms with E-state index in [1.54, 1.807) is 0 Å². The van der Waals surface area contributed by atoms with E-state index in [-0.39, 0.29) is 0 Å². The number of nitrogens with one attached hydrogen (secondary N) is 2. The lowest BCUT2D eigenvalue weighted by Gasteiger charge is -2.11. The number of nitrogens with two attached hydrogens (primary N) is 1. The van der Waals surface area contributed by atoms with E-state index in [0.717, 1.165) is 31.9 Å². The fourth-order valence-electron chi connectivity index (χ4n) is 1.91. The lowest BCUT2D eigenvalue weighted by molar-refractivity contribution is -0.404. The van der Waals surface area contributed by atoms with Gasteiger partial charge in [0.15, 0.2) is 5.82 Å². The summed E-state index contributed by atoms with van der Waals surface area (Å²) < 4.78 is 0. The van der Waals surface area contributed by atoms with E-state index in [2.05, 4.69) is 22.8 Å². The molecule has 6 nitrogen and oxygen atoms in total. The summed E-state index contributed by atoms with van der Waals surface area (Å²) in [6.45, 7) is 2.02. The van der Waals surface area contributed by atoms with Gasteiger partial charge in [0.2, 0.25) is 0 Å². The minimum absolute atomic E-state index is 0.449. The predicted octanol–water partition coefficient (Wildman–Crippen LogP) is 1.61. The van der Waals surface area contributed by atoms with Crippen LogP contribution in [0.15, 0.2) is 42.4 Å². The molecule has 0 spiro atoms. The van der Waals surface area contributed by atoms with Crippen molar-refractivity contribution < 1.29 is 4.92 Å². The summed E-state index contributed by atoms with van der Waals surface area (Å²) in [7, 11) is 0. The number of rotatable bonds is 11. The first-order valence-corrected chi connectivity index (χ1v) is 7.29. The Labute approximate surface area is 125 Å². The summed E-state index contributed by atoms with van der Waals surface area (Å²) in [5.74, 6) is 0.463. The molecule has 0 aliphatic carbocycles. The van der Waals surface area contributed by atoms with Crippen LogP contribution in [0.5, 0.6) is 0 Å². The van der Waals surface area contributed by atoms with Crippen LogP contribution in [-0.4, -0.2) is 24.6 Å². The largest absolute Gasteiger partial charge is 0.367 e. The van der Waals surface area contributed by atoms with Crippen LogP contribution in [-0.2, 0) is 6.42 Å². The number of hydrogen-bond acceptors (Lipinski definition) is 5. The summed E-state index contributed by atoms with van der Waals surface area (Å²) in [6, 6.07) is 10.2. The topological polar surface area (TPSA) is 93.2 Å². The van der Waals surface area contributed by atoms with Gasteiger partial charge in [-0.3, -0.25) is 10.1 Å². The Morgan fingerprint density at radius 3 is 2.43 bits per heavy atom. The molecular formula is C15H24N4O2. The molecule has 0 heterocycles. The molecule has 0 aromatic heterocycles. The van der Waals surface area contributed by atoms with Gasteiger partial charge in [-0.2, -0.15) is 0 Å². The van der Waals surface area contributed by atoms with Crippen LogP contribution >= 0.6 is 0 Å². The fraction of sp³-hybridized carbons (Fsp3) is 0.467. The zero-order valence-corrected chi connectivity index (χ0v) is 12.3. The predicted molar refractivity (Wildman–Crippen MR) is 84.1 cm³/mol. The SMILES string of the molecule is NCCCCNC(=C[N+](=O)[O-])NCCCc1ccccc1. The number of nitro groups is 1. The summed E-state index contributed by atoms with van der Waals surface area (Å²) >= 11 is 0. The molecule has 0 aliphatic rings. The highest BCUT2D eigenvalue weighted by molar-refractivity contribution is 5.14. The van der Waals surface area contributed by atoms with E-state index in [0.29, 0.717) is 25.5 Å². The van der Waals surface area contributed by atoms with Crippen molar-refractivity contribution in [1.29, 1.82) is 0 Å². The van der Waals surface area contributed by atoms with Crippen molar-refractivity contribution in [2.75, 3.05) is 19.6 Å². The Hall–Kier alpha value is -2.08. The Morgan fingerprint density at radius 1 is 1.14 bits per heavy atom. The van der Waals surface area contributed by atoms with E-state index < -0.39 is 4.92 Å². The number of hydrogen-bond donors (Lipinski definition) is 3. The zero-order chi connectivity index (χ0) is 15.3. The molecule has 0 amide bonds. The Kier molecular flexibility index (Phi) is 8.63. The van der Waals surface area contributed by atoms with Crippen molar-refractivity contribution in [3.63, 3.8) is 0 Å². The Balaban J connectivity index is 2.27. The van der Waals surface area contributed by atoms with Gasteiger partial charge in [0.1, 0.15) is 0 Å². The van der Waals surface area contributed by atoms with Gasteiger partial charge in [-0.15, -0.1) is 0 Å². The van der Waals surface area contributed by atoms with E-state index in [1.165, 1.54) is 5.56 Å². The highest BCUT2D eigenvalue weighted by Crippen LogP contribution is 2.01. The number of nitrogens with zero attached hydrogens (tertiary/aromatic N) is 1. The monoisotopic (exact) mass is 292 g/mol. The molecule has 6 heteroatoms.